The fraction of sp³-hybridized carbons (Fsp3) is 0.0714. The second-order valence-electron chi connectivity index (χ2n) is 26.8. The van der Waals surface area contributed by atoms with E-state index in [1.165, 1.54) is 24.5 Å². The molecule has 616 valence electrons. The second-order valence-corrected chi connectivity index (χ2v) is 26.8. The zero-order chi connectivity index (χ0) is 86.2. The van der Waals surface area contributed by atoms with Gasteiger partial charge >= 0.3 is 6.18 Å². The van der Waals surface area contributed by atoms with Gasteiger partial charge in [-0.2, -0.15) is 18.4 Å². The van der Waals surface area contributed by atoms with Gasteiger partial charge in [-0.25, -0.2) is 4.39 Å². The van der Waals surface area contributed by atoms with Crippen LogP contribution in [0.25, 0.3) is 0 Å². The smallest absolute Gasteiger partial charge is 0.416 e. The quantitative estimate of drug-likeness (QED) is 0.0443. The number of nitrogens with zero attached hydrogens (tertiary/aromatic N) is 6. The molecule has 123 heavy (non-hydrogen) atoms. The molecule has 21 nitrogen and oxygen atoms in total. The van der Waals surface area contributed by atoms with Gasteiger partial charge in [-0.15, -0.1) is 0 Å². The summed E-state index contributed by atoms with van der Waals surface area (Å²) >= 11 is 0. The Hall–Kier alpha value is -16.5. The third-order valence-corrected chi connectivity index (χ3v) is 17.0. The number of hydrogen-bond acceptors (Lipinski definition) is 16. The number of anilines is 5. The van der Waals surface area contributed by atoms with E-state index in [4.69, 9.17) is 23.7 Å². The van der Waals surface area contributed by atoms with Gasteiger partial charge < -0.3 is 50.3 Å². The number of aromatic nitrogens is 5. The van der Waals surface area contributed by atoms with Gasteiger partial charge in [0.1, 0.15) is 63.3 Å². The van der Waals surface area contributed by atoms with Crippen LogP contribution in [0.5, 0.6) is 57.5 Å². The predicted molar refractivity (Wildman–Crippen MR) is 466 cm³/mol. The van der Waals surface area contributed by atoms with E-state index in [1.54, 1.807) is 214 Å². The van der Waals surface area contributed by atoms with E-state index >= 15 is 0 Å². The first kappa shape index (κ1) is 88.9. The molecule has 0 spiro atoms. The monoisotopic (exact) mass is 1650 g/mol. The van der Waals surface area contributed by atoms with E-state index in [0.717, 1.165) is 34.4 Å². The number of alkyl halides is 3. The van der Waals surface area contributed by atoms with Gasteiger partial charge in [0.05, 0.1) is 53.7 Å². The lowest BCUT2D eigenvalue weighted by molar-refractivity contribution is -0.137. The van der Waals surface area contributed by atoms with Crippen LogP contribution in [0.3, 0.4) is 0 Å². The number of nitrogens with one attached hydrogen (secondary N) is 5. The molecule has 0 aliphatic carbocycles. The molecule has 10 aromatic carbocycles. The van der Waals surface area contributed by atoms with E-state index in [1.807, 2.05) is 131 Å². The highest BCUT2D eigenvalue weighted by molar-refractivity contribution is 6.07. The molecule has 0 aliphatic heterocycles. The predicted octanol–water partition coefficient (Wildman–Crippen LogP) is 23.8. The zero-order valence-corrected chi connectivity index (χ0v) is 66.2. The average Bonchev–Trinajstić information content (AvgIpc) is 0.817. The minimum atomic E-state index is -4.59. The van der Waals surface area contributed by atoms with Crippen molar-refractivity contribution in [1.29, 1.82) is 5.26 Å². The summed E-state index contributed by atoms with van der Waals surface area (Å²) in [5, 5.41) is 22.9. The normalized spacial score (nSPS) is 10.2. The maximum Gasteiger partial charge on any atom is 0.416 e. The van der Waals surface area contributed by atoms with Crippen LogP contribution in [-0.4, -0.2) is 54.5 Å². The number of aryl methyl sites for hydroxylation is 5. The number of amides is 5. The van der Waals surface area contributed by atoms with Crippen LogP contribution in [0.4, 0.5) is 46.0 Å². The third kappa shape index (κ3) is 28.4. The van der Waals surface area contributed by atoms with Crippen molar-refractivity contribution in [3.05, 3.63) is 420 Å². The molecule has 0 radical (unpaired) electrons. The van der Waals surface area contributed by atoms with Gasteiger partial charge in [-0.3, -0.25) is 48.9 Å². The fourth-order valence-corrected chi connectivity index (χ4v) is 11.3. The molecule has 0 bridgehead atoms. The third-order valence-electron chi connectivity index (χ3n) is 17.0. The summed E-state index contributed by atoms with van der Waals surface area (Å²) in [6, 6.07) is 82.6. The Morgan fingerprint density at radius 1 is 0.309 bits per heavy atom. The van der Waals surface area contributed by atoms with Crippen molar-refractivity contribution >= 4 is 58.0 Å². The van der Waals surface area contributed by atoms with Crippen LogP contribution in [0.1, 0.15) is 98.2 Å². The second kappa shape index (κ2) is 44.2. The van der Waals surface area contributed by atoms with Crippen molar-refractivity contribution in [2.24, 2.45) is 0 Å². The van der Waals surface area contributed by atoms with E-state index in [0.29, 0.717) is 102 Å². The number of nitriles is 1. The van der Waals surface area contributed by atoms with Crippen molar-refractivity contribution in [1.82, 2.24) is 24.9 Å². The van der Waals surface area contributed by atoms with Gasteiger partial charge in [0.2, 0.25) is 0 Å². The molecule has 0 saturated heterocycles. The number of benzene rings is 10. The summed E-state index contributed by atoms with van der Waals surface area (Å²) in [7, 11) is 0. The molecular formula is C98H81F4N11O10. The number of halogens is 4. The number of rotatable bonds is 20. The van der Waals surface area contributed by atoms with E-state index in [2.05, 4.69) is 57.6 Å². The van der Waals surface area contributed by atoms with Gasteiger partial charge in [0, 0.05) is 112 Å². The Morgan fingerprint density at radius 3 is 0.911 bits per heavy atom. The van der Waals surface area contributed by atoms with Crippen LogP contribution in [0.2, 0.25) is 0 Å². The van der Waals surface area contributed by atoms with Crippen LogP contribution in [0.15, 0.2) is 347 Å². The maximum absolute atomic E-state index is 14.0. The molecular weight excluding hydrogens is 1570 g/mol. The first-order chi connectivity index (χ1) is 59.0. The molecule has 0 saturated carbocycles. The van der Waals surface area contributed by atoms with Crippen LogP contribution >= 0.6 is 0 Å². The number of hydrogen-bond donors (Lipinski definition) is 5. The topological polar surface area (TPSA) is 280 Å². The van der Waals surface area contributed by atoms with Gasteiger partial charge in [0.15, 0.2) is 0 Å². The van der Waals surface area contributed by atoms with E-state index in [-0.39, 0.29) is 47.9 Å². The molecule has 0 aliphatic rings. The summed E-state index contributed by atoms with van der Waals surface area (Å²) < 4.78 is 81.9. The number of carbonyl (C=O) groups excluding carboxylic acids is 5. The van der Waals surface area contributed by atoms with Crippen LogP contribution in [0, 0.1) is 51.8 Å². The lowest BCUT2D eigenvalue weighted by Crippen LogP contribution is -2.14. The molecule has 0 unspecified atom stereocenters. The van der Waals surface area contributed by atoms with E-state index < -0.39 is 29.4 Å². The van der Waals surface area contributed by atoms with Crippen LogP contribution in [-0.2, 0) is 6.18 Å². The van der Waals surface area contributed by atoms with Gasteiger partial charge in [-0.05, 0) is 216 Å². The highest BCUT2D eigenvalue weighted by Gasteiger charge is 2.32. The fourth-order valence-electron chi connectivity index (χ4n) is 11.3. The SMILES string of the molecule is C.Cc1cccc(C(=O)Nc2cc(C#N)cc(Oc3cccnc3)c2)c1.Cc1cccc(C(=O)Nc2cc(Oc3cccnc3)cc(C(F)(F)F)c2)c1.Cc1cccc(C(=O)Nc2cccc(Oc3cccnc3)c2)c1.Cc1cccc(C(=O)Nc2cccc(Oc3cccnc3)c2)c1.Cc1cccc(C(=O)Nc2cccc(Oc3cccnc3)c2)c1F. The number of carbonyl (C=O) groups is 5. The van der Waals surface area contributed by atoms with Crippen molar-refractivity contribution in [2.75, 3.05) is 26.6 Å². The summed E-state index contributed by atoms with van der Waals surface area (Å²) in [4.78, 5) is 81.4. The molecule has 15 rings (SSSR count). The van der Waals surface area contributed by atoms with Gasteiger partial charge in [0.25, 0.3) is 29.5 Å². The lowest BCUT2D eigenvalue weighted by Gasteiger charge is -2.14. The Kier molecular flexibility index (Phi) is 31.9. The number of ether oxygens (including phenoxy) is 5. The molecule has 25 heteroatoms. The molecule has 0 atom stereocenters. The summed E-state index contributed by atoms with van der Waals surface area (Å²) in [6.07, 6.45) is 11.4. The Bertz CT molecular complexity index is 6000. The van der Waals surface area contributed by atoms with Crippen molar-refractivity contribution in [3.8, 4) is 63.6 Å². The Labute approximate surface area is 707 Å². The van der Waals surface area contributed by atoms with Crippen molar-refractivity contribution in [3.63, 3.8) is 0 Å². The minimum Gasteiger partial charge on any atom is -0.456 e. The number of pyridine rings is 5. The first-order valence-corrected chi connectivity index (χ1v) is 37.6. The Balaban J connectivity index is 0.000000161. The summed E-state index contributed by atoms with van der Waals surface area (Å²) in [6.45, 7) is 9.28. The molecule has 0 fully saturated rings. The highest BCUT2D eigenvalue weighted by Crippen LogP contribution is 2.37. The van der Waals surface area contributed by atoms with E-state index in [9.17, 15) is 46.8 Å². The standard InChI is InChI=1S/C20H15F3N2O2.C20H15N3O2.C19H15FN2O2.2C19H16N2O2.CH4/c1-13-4-2-5-14(8-13)19(26)25-16-9-15(20(21,22)23)10-18(11-16)27-17-6-3-7-24-12-17;1-14-4-2-5-16(8-14)20(24)23-17-9-15(12-21)10-19(11-17)25-18-6-3-7-22-13-18;1-13-5-2-9-17(18(13)20)19(23)22-14-6-3-7-15(11-14)24-16-8-4-10-21-12-16;2*1-14-5-2-6-15(11-14)19(22)21-16-7-3-8-17(12-16)23-18-9-4-10-20-13-18;/h2-12H,1H3,(H,25,26);2-11,13H,1H3,(H,23,24);2-12H,1H3,(H,22,23);2*2-13H,1H3,(H,21,22);1H4. The lowest BCUT2D eigenvalue weighted by atomic mass is 10.1. The largest absolute Gasteiger partial charge is 0.456 e. The average molecular weight is 1650 g/mol. The molecule has 15 aromatic rings. The molecule has 5 heterocycles. The van der Waals surface area contributed by atoms with Gasteiger partial charge in [-0.1, -0.05) is 109 Å². The maximum atomic E-state index is 14.0. The van der Waals surface area contributed by atoms with Crippen LogP contribution < -0.4 is 50.3 Å². The highest BCUT2D eigenvalue weighted by atomic mass is 19.4. The minimum absolute atomic E-state index is 0. The summed E-state index contributed by atoms with van der Waals surface area (Å²) in [5.41, 5.74) is 8.36. The van der Waals surface area contributed by atoms with Crippen molar-refractivity contribution in [2.45, 2.75) is 48.2 Å². The molecule has 5 aromatic heterocycles. The first-order valence-electron chi connectivity index (χ1n) is 37.6. The molecule has 5 amide bonds. The molecule has 5 N–H and O–H groups in total. The van der Waals surface area contributed by atoms with Crippen molar-refractivity contribution < 1.29 is 65.2 Å². The zero-order valence-electron chi connectivity index (χ0n) is 66.2. The summed E-state index contributed by atoms with van der Waals surface area (Å²) in [5.74, 6) is 2.87. The Morgan fingerprint density at radius 2 is 0.593 bits per heavy atom.